The molecule has 1 amide bonds. The summed E-state index contributed by atoms with van der Waals surface area (Å²) >= 11 is 0. The summed E-state index contributed by atoms with van der Waals surface area (Å²) in [5.74, 6) is -1.27. The lowest BCUT2D eigenvalue weighted by Crippen LogP contribution is -2.34. The monoisotopic (exact) mass is 325 g/mol. The summed E-state index contributed by atoms with van der Waals surface area (Å²) in [6.07, 6.45) is -4.65. The van der Waals surface area contributed by atoms with Crippen LogP contribution in [0.25, 0.3) is 0 Å². The van der Waals surface area contributed by atoms with Gasteiger partial charge in [0.25, 0.3) is 5.91 Å². The van der Waals surface area contributed by atoms with Gasteiger partial charge in [-0.1, -0.05) is 6.92 Å². The minimum Gasteiger partial charge on any atom is -0.393 e. The second kappa shape index (κ2) is 6.70. The molecule has 0 radical (unpaired) electrons. The Morgan fingerprint density at radius 2 is 2.30 bits per heavy atom. The Bertz CT molecular complexity index is 763. The standard InChI is InChI=1S/C16H27N5O2/c1-9-5-6-10(7-12(9)22)19-14-11(13(17)23)8-18-15(20-14)21-16(2,3)4/h8-10,12,22H,5-7H2,1-4H3,(H2,17,23)(H2,18,19,20,21)/i5D,6D,7D,8D. The molecule has 0 bridgehead atoms. The van der Waals surface area contributed by atoms with Crippen molar-refractivity contribution in [3.8, 4) is 0 Å². The average molecular weight is 325 g/mol. The number of nitrogens with one attached hydrogen (secondary N) is 2. The molecule has 0 aliphatic heterocycles. The van der Waals surface area contributed by atoms with Gasteiger partial charge in [-0.05, 0) is 45.9 Å². The second-order valence-corrected chi connectivity index (χ2v) is 6.71. The Morgan fingerprint density at radius 1 is 1.61 bits per heavy atom. The molecule has 7 nitrogen and oxygen atoms in total. The largest absolute Gasteiger partial charge is 0.393 e. The van der Waals surface area contributed by atoms with Crippen molar-refractivity contribution >= 4 is 11.9 Å². The van der Waals surface area contributed by atoms with Gasteiger partial charge in [0.15, 0.2) is 0 Å². The van der Waals surface area contributed by atoms with Crippen LogP contribution >= 0.6 is 0 Å². The maximum atomic E-state index is 11.8. The smallest absolute Gasteiger partial charge is 0.254 e. The maximum Gasteiger partial charge on any atom is 0.254 e. The lowest BCUT2D eigenvalue weighted by atomic mass is 9.85. The molecule has 23 heavy (non-hydrogen) atoms. The van der Waals surface area contributed by atoms with E-state index in [1.807, 2.05) is 20.8 Å². The number of hydrogen-bond donors (Lipinski definition) is 4. The van der Waals surface area contributed by atoms with Gasteiger partial charge < -0.3 is 21.1 Å². The fourth-order valence-corrected chi connectivity index (χ4v) is 2.13. The number of nitrogens with zero attached hydrogens (tertiary/aromatic N) is 2. The third-order valence-electron chi connectivity index (χ3n) is 3.32. The third-order valence-corrected chi connectivity index (χ3v) is 3.32. The summed E-state index contributed by atoms with van der Waals surface area (Å²) in [4.78, 5) is 22.9. The third kappa shape index (κ3) is 4.79. The molecule has 1 aliphatic carbocycles. The number of aliphatic hydroxyl groups excluding tert-OH is 1. The highest BCUT2D eigenvalue weighted by Crippen LogP contribution is 2.25. The topological polar surface area (TPSA) is 116 Å². The van der Waals surface area contributed by atoms with E-state index in [1.54, 1.807) is 6.92 Å². The number of amides is 1. The Labute approximate surface area is 142 Å². The van der Waals surface area contributed by atoms with Gasteiger partial charge in [-0.15, -0.1) is 0 Å². The molecule has 128 valence electrons. The van der Waals surface area contributed by atoms with Crippen molar-refractivity contribution in [1.82, 2.24) is 9.97 Å². The van der Waals surface area contributed by atoms with Crippen LogP contribution in [0.15, 0.2) is 11.2 Å². The molecule has 1 aromatic heterocycles. The van der Waals surface area contributed by atoms with Gasteiger partial charge in [0.2, 0.25) is 5.95 Å². The molecule has 0 spiro atoms. The number of aromatic amines is 1. The van der Waals surface area contributed by atoms with Crippen LogP contribution in [-0.2, 0) is 0 Å². The molecule has 0 saturated heterocycles. The number of H-pyrrole nitrogens is 1. The quantitative estimate of drug-likeness (QED) is 0.667. The summed E-state index contributed by atoms with van der Waals surface area (Å²) < 4.78 is 32.5. The summed E-state index contributed by atoms with van der Waals surface area (Å²) in [6, 6.07) is -1.06. The molecular formula is C16H27N5O2. The van der Waals surface area contributed by atoms with Crippen molar-refractivity contribution in [3.63, 3.8) is 0 Å². The van der Waals surface area contributed by atoms with Gasteiger partial charge in [-0.3, -0.25) is 9.79 Å². The van der Waals surface area contributed by atoms with Gasteiger partial charge in [-0.25, -0.2) is 4.98 Å². The van der Waals surface area contributed by atoms with Crippen LogP contribution in [-0.4, -0.2) is 38.7 Å². The Morgan fingerprint density at radius 3 is 2.91 bits per heavy atom. The SMILES string of the molecule is [2H]c1nc(NC(C)(C)C)[nH]c(=NC2C([2H])C([2H])C(C)C(O)C2[2H])c1C(N)=O. The average Bonchev–Trinajstić information content (AvgIpc) is 2.52. The van der Waals surface area contributed by atoms with Crippen LogP contribution in [0.1, 0.15) is 62.7 Å². The van der Waals surface area contributed by atoms with E-state index in [9.17, 15) is 9.90 Å². The van der Waals surface area contributed by atoms with Crippen LogP contribution in [0.3, 0.4) is 0 Å². The summed E-state index contributed by atoms with van der Waals surface area (Å²) in [5, 5.41) is 13.2. The van der Waals surface area contributed by atoms with E-state index in [-0.39, 0.29) is 28.7 Å². The molecular weight excluding hydrogens is 294 g/mol. The van der Waals surface area contributed by atoms with Gasteiger partial charge in [-0.2, -0.15) is 0 Å². The fraction of sp³-hybridized carbons (Fsp3) is 0.688. The lowest BCUT2D eigenvalue weighted by Gasteiger charge is -2.28. The molecule has 6 atom stereocenters. The number of aromatic nitrogens is 2. The van der Waals surface area contributed by atoms with E-state index >= 15 is 0 Å². The van der Waals surface area contributed by atoms with E-state index in [1.165, 1.54) is 0 Å². The molecule has 1 saturated carbocycles. The minimum atomic E-state index is -1.14. The molecule has 5 N–H and O–H groups in total. The number of aliphatic hydroxyl groups is 1. The van der Waals surface area contributed by atoms with Crippen LogP contribution in [0.4, 0.5) is 5.95 Å². The number of nitrogens with two attached hydrogens (primary N) is 1. The van der Waals surface area contributed by atoms with Gasteiger partial charge in [0.05, 0.1) is 19.1 Å². The van der Waals surface area contributed by atoms with Gasteiger partial charge in [0.1, 0.15) is 5.49 Å². The second-order valence-electron chi connectivity index (χ2n) is 6.71. The molecule has 0 aromatic carbocycles. The molecule has 6 unspecified atom stereocenters. The first-order valence-corrected chi connectivity index (χ1v) is 7.51. The highest BCUT2D eigenvalue weighted by molar-refractivity contribution is 5.92. The van der Waals surface area contributed by atoms with Crippen LogP contribution < -0.4 is 16.5 Å². The summed E-state index contributed by atoms with van der Waals surface area (Å²) in [5.41, 5.74) is 4.63. The number of hydrogen-bond acceptors (Lipinski definition) is 5. The predicted molar refractivity (Wildman–Crippen MR) is 88.9 cm³/mol. The van der Waals surface area contributed by atoms with Crippen molar-refractivity contribution in [2.45, 2.75) is 64.6 Å². The minimum absolute atomic E-state index is 0.0808. The zero-order chi connectivity index (χ0) is 20.7. The first kappa shape index (κ1) is 12.5. The number of carbonyl (C=O) groups excluding carboxylic acids is 1. The van der Waals surface area contributed by atoms with Crippen LogP contribution in [0.2, 0.25) is 0 Å². The molecule has 1 aromatic rings. The number of anilines is 1. The Hall–Kier alpha value is -1.89. The Kier molecular flexibility index (Phi) is 3.65. The number of rotatable bonds is 3. The zero-order valence-corrected chi connectivity index (χ0v) is 13.8. The molecule has 1 aliphatic rings. The van der Waals surface area contributed by atoms with Gasteiger partial charge >= 0.3 is 0 Å². The van der Waals surface area contributed by atoms with Crippen LogP contribution in [0, 0.1) is 5.92 Å². The van der Waals surface area contributed by atoms with Crippen molar-refractivity contribution in [2.75, 3.05) is 5.32 Å². The zero-order valence-electron chi connectivity index (χ0n) is 17.8. The lowest BCUT2D eigenvalue weighted by molar-refractivity contribution is 0.0704. The van der Waals surface area contributed by atoms with E-state index in [4.69, 9.17) is 11.2 Å². The Balaban J connectivity index is 2.61. The van der Waals surface area contributed by atoms with Crippen molar-refractivity contribution in [1.29, 1.82) is 0 Å². The summed E-state index contributed by atoms with van der Waals surface area (Å²) in [7, 11) is 0. The van der Waals surface area contributed by atoms with Crippen molar-refractivity contribution in [2.24, 2.45) is 16.6 Å². The molecule has 1 fully saturated rings. The van der Waals surface area contributed by atoms with Crippen LogP contribution in [0.5, 0.6) is 0 Å². The van der Waals surface area contributed by atoms with Gasteiger partial charge in [0, 0.05) is 15.8 Å². The van der Waals surface area contributed by atoms with E-state index < -0.39 is 43.2 Å². The fourth-order valence-electron chi connectivity index (χ4n) is 2.13. The predicted octanol–water partition coefficient (Wildman–Crippen LogP) is 1.17. The highest BCUT2D eigenvalue weighted by atomic mass is 16.3. The molecule has 7 heteroatoms. The van der Waals surface area contributed by atoms with Crippen molar-refractivity contribution in [3.05, 3.63) is 17.2 Å². The highest BCUT2D eigenvalue weighted by Gasteiger charge is 2.26. The number of primary amides is 1. The molecule has 2 rings (SSSR count). The van der Waals surface area contributed by atoms with E-state index in [0.29, 0.717) is 0 Å². The van der Waals surface area contributed by atoms with E-state index in [2.05, 4.69) is 20.3 Å². The van der Waals surface area contributed by atoms with E-state index in [0.717, 1.165) is 0 Å². The maximum absolute atomic E-state index is 11.8. The normalized spacial score (nSPS) is 38.2. The molecule has 1 heterocycles. The first-order chi connectivity index (χ1) is 12.3. The van der Waals surface area contributed by atoms with Crippen molar-refractivity contribution < 1.29 is 15.4 Å². The first-order valence-electron chi connectivity index (χ1n) is 9.74. The summed E-state index contributed by atoms with van der Waals surface area (Å²) in [6.45, 7) is 7.28. The number of carbonyl (C=O) groups is 1.